The van der Waals surface area contributed by atoms with Gasteiger partial charge in [-0.15, -0.1) is 0 Å². The number of hydrogen-bond donors (Lipinski definition) is 1. The van der Waals surface area contributed by atoms with E-state index < -0.39 is 0 Å². The number of nitrogens with two attached hydrogens (primary N) is 1. The second-order valence-electron chi connectivity index (χ2n) is 4.78. The molecule has 2 aromatic carbocycles. The minimum Gasteiger partial charge on any atom is -0.493 e. The molecule has 0 amide bonds. The van der Waals surface area contributed by atoms with E-state index in [1.807, 2.05) is 36.0 Å². The predicted octanol–water partition coefficient (Wildman–Crippen LogP) is 3.94. The molecule has 0 aliphatic carbocycles. The lowest BCUT2D eigenvalue weighted by atomic mass is 10.1. The van der Waals surface area contributed by atoms with E-state index in [4.69, 9.17) is 22.7 Å². The summed E-state index contributed by atoms with van der Waals surface area (Å²) in [5.41, 5.74) is 8.99. The first-order chi connectivity index (χ1) is 10.1. The minimum atomic E-state index is 0.445. The molecule has 2 N–H and O–H groups in total. The lowest BCUT2D eigenvalue weighted by Crippen LogP contribution is -2.08. The predicted molar refractivity (Wildman–Crippen MR) is 95.2 cm³/mol. The topological polar surface area (TPSA) is 35.2 Å². The van der Waals surface area contributed by atoms with Gasteiger partial charge in [0.15, 0.2) is 0 Å². The van der Waals surface area contributed by atoms with Gasteiger partial charge in [-0.05, 0) is 30.2 Å². The lowest BCUT2D eigenvalue weighted by Gasteiger charge is -2.07. The van der Waals surface area contributed by atoms with Crippen molar-refractivity contribution < 1.29 is 4.74 Å². The molecule has 0 aliphatic heterocycles. The number of thiocarbonyl (C=S) groups is 1. The van der Waals surface area contributed by atoms with Gasteiger partial charge in [0.1, 0.15) is 10.7 Å². The average Bonchev–Trinajstić information content (AvgIpc) is 2.47. The maximum absolute atomic E-state index is 5.72. The molecule has 2 rings (SSSR count). The van der Waals surface area contributed by atoms with Gasteiger partial charge in [0.2, 0.25) is 0 Å². The number of ether oxygens (including phenoxy) is 1. The van der Waals surface area contributed by atoms with Crippen molar-refractivity contribution in [3.63, 3.8) is 0 Å². The van der Waals surface area contributed by atoms with Crippen molar-refractivity contribution in [3.05, 3.63) is 65.2 Å². The fourth-order valence-electron chi connectivity index (χ4n) is 1.88. The Labute approximate surface area is 135 Å². The van der Waals surface area contributed by atoms with Crippen LogP contribution < -0.4 is 10.5 Å². The fourth-order valence-corrected chi connectivity index (χ4v) is 2.79. The highest BCUT2D eigenvalue weighted by atomic mass is 32.2. The summed E-state index contributed by atoms with van der Waals surface area (Å²) in [5.74, 6) is 2.87. The Hall–Kier alpha value is -1.52. The molecule has 0 bridgehead atoms. The van der Waals surface area contributed by atoms with Gasteiger partial charge in [-0.3, -0.25) is 0 Å². The Morgan fingerprint density at radius 1 is 1.19 bits per heavy atom. The summed E-state index contributed by atoms with van der Waals surface area (Å²) in [6.07, 6.45) is 0. The molecule has 0 heterocycles. The molecule has 0 atom stereocenters. The van der Waals surface area contributed by atoms with Crippen LogP contribution in [0.15, 0.2) is 48.5 Å². The van der Waals surface area contributed by atoms with Crippen LogP contribution in [0.2, 0.25) is 0 Å². The van der Waals surface area contributed by atoms with Crippen molar-refractivity contribution in [2.45, 2.75) is 12.7 Å². The van der Waals surface area contributed by atoms with Crippen LogP contribution in [0.4, 0.5) is 0 Å². The number of thioether (sulfide) groups is 1. The van der Waals surface area contributed by atoms with Gasteiger partial charge in [0.25, 0.3) is 0 Å². The Bertz CT molecular complexity index is 596. The van der Waals surface area contributed by atoms with Crippen molar-refractivity contribution in [1.82, 2.24) is 0 Å². The van der Waals surface area contributed by atoms with E-state index in [0.717, 1.165) is 29.4 Å². The molecular formula is C17H19NOS2. The summed E-state index contributed by atoms with van der Waals surface area (Å²) in [4.78, 5) is 0.445. The normalized spacial score (nSPS) is 10.3. The highest BCUT2D eigenvalue weighted by Gasteiger charge is 1.98. The van der Waals surface area contributed by atoms with Gasteiger partial charge in [-0.1, -0.05) is 48.6 Å². The van der Waals surface area contributed by atoms with Gasteiger partial charge in [-0.25, -0.2) is 0 Å². The maximum Gasteiger partial charge on any atom is 0.119 e. The molecule has 0 radical (unpaired) electrons. The van der Waals surface area contributed by atoms with Crippen LogP contribution >= 0.6 is 24.0 Å². The second-order valence-corrected chi connectivity index (χ2v) is 6.32. The van der Waals surface area contributed by atoms with Crippen LogP contribution in [0, 0.1) is 6.92 Å². The number of hydrogen-bond acceptors (Lipinski definition) is 3. The molecule has 21 heavy (non-hydrogen) atoms. The third kappa shape index (κ3) is 5.40. The zero-order chi connectivity index (χ0) is 15.1. The zero-order valence-corrected chi connectivity index (χ0v) is 13.7. The molecule has 0 spiro atoms. The van der Waals surface area contributed by atoms with Crippen LogP contribution in [0.1, 0.15) is 16.7 Å². The monoisotopic (exact) mass is 317 g/mol. The average molecular weight is 317 g/mol. The van der Waals surface area contributed by atoms with E-state index in [2.05, 4.69) is 31.2 Å². The molecule has 0 aromatic heterocycles. The van der Waals surface area contributed by atoms with E-state index >= 15 is 0 Å². The van der Waals surface area contributed by atoms with Gasteiger partial charge in [0, 0.05) is 17.1 Å². The second kappa shape index (κ2) is 8.05. The fraction of sp³-hybridized carbons (Fsp3) is 0.235. The zero-order valence-electron chi connectivity index (χ0n) is 12.0. The Balaban J connectivity index is 1.69. The highest BCUT2D eigenvalue weighted by Crippen LogP contribution is 2.15. The van der Waals surface area contributed by atoms with Crippen molar-refractivity contribution in [1.29, 1.82) is 0 Å². The molecule has 110 valence electrons. The number of rotatable bonds is 7. The van der Waals surface area contributed by atoms with Gasteiger partial charge in [-0.2, -0.15) is 11.8 Å². The van der Waals surface area contributed by atoms with Crippen molar-refractivity contribution in [3.8, 4) is 5.75 Å². The van der Waals surface area contributed by atoms with E-state index in [-0.39, 0.29) is 0 Å². The van der Waals surface area contributed by atoms with Crippen molar-refractivity contribution >= 4 is 29.0 Å². The molecule has 0 unspecified atom stereocenters. The van der Waals surface area contributed by atoms with Crippen molar-refractivity contribution in [2.24, 2.45) is 5.73 Å². The SMILES string of the molecule is Cc1cccc(OCCSCc2ccc(C(N)=S)cc2)c1. The van der Waals surface area contributed by atoms with E-state index in [9.17, 15) is 0 Å². The maximum atomic E-state index is 5.72. The Kier molecular flexibility index (Phi) is 6.08. The third-order valence-electron chi connectivity index (χ3n) is 2.99. The lowest BCUT2D eigenvalue weighted by molar-refractivity contribution is 0.343. The van der Waals surface area contributed by atoms with E-state index in [1.165, 1.54) is 11.1 Å². The number of benzene rings is 2. The summed E-state index contributed by atoms with van der Waals surface area (Å²) in [7, 11) is 0. The molecule has 0 fully saturated rings. The Morgan fingerprint density at radius 2 is 1.95 bits per heavy atom. The Morgan fingerprint density at radius 3 is 2.62 bits per heavy atom. The van der Waals surface area contributed by atoms with E-state index in [1.54, 1.807) is 0 Å². The quantitative estimate of drug-likeness (QED) is 0.620. The van der Waals surface area contributed by atoms with Crippen LogP contribution in [0.25, 0.3) is 0 Å². The molecule has 2 nitrogen and oxygen atoms in total. The first kappa shape index (κ1) is 15.9. The first-order valence-corrected chi connectivity index (χ1v) is 8.37. The van der Waals surface area contributed by atoms with Crippen LogP contribution in [-0.4, -0.2) is 17.3 Å². The largest absolute Gasteiger partial charge is 0.493 e. The summed E-state index contributed by atoms with van der Waals surface area (Å²) >= 11 is 6.79. The molecular weight excluding hydrogens is 298 g/mol. The molecule has 4 heteroatoms. The van der Waals surface area contributed by atoms with Crippen LogP contribution in [0.3, 0.4) is 0 Å². The number of aryl methyl sites for hydroxylation is 1. The van der Waals surface area contributed by atoms with E-state index in [0.29, 0.717) is 4.99 Å². The molecule has 2 aromatic rings. The summed E-state index contributed by atoms with van der Waals surface area (Å²) in [6, 6.07) is 16.2. The first-order valence-electron chi connectivity index (χ1n) is 6.81. The third-order valence-corrected chi connectivity index (χ3v) is 4.22. The molecule has 0 saturated heterocycles. The van der Waals surface area contributed by atoms with Crippen molar-refractivity contribution in [2.75, 3.05) is 12.4 Å². The van der Waals surface area contributed by atoms with Crippen LogP contribution in [-0.2, 0) is 5.75 Å². The van der Waals surface area contributed by atoms with Crippen LogP contribution in [0.5, 0.6) is 5.75 Å². The molecule has 0 saturated carbocycles. The summed E-state index contributed by atoms with van der Waals surface area (Å²) in [6.45, 7) is 2.79. The summed E-state index contributed by atoms with van der Waals surface area (Å²) < 4.78 is 5.72. The standard InChI is InChI=1S/C17H19NOS2/c1-13-3-2-4-16(11-13)19-9-10-21-12-14-5-7-15(8-6-14)17(18)20/h2-8,11H,9-10,12H2,1H3,(H2,18,20). The minimum absolute atomic E-state index is 0.445. The highest BCUT2D eigenvalue weighted by molar-refractivity contribution is 7.98. The van der Waals surface area contributed by atoms with Gasteiger partial charge >= 0.3 is 0 Å². The van der Waals surface area contributed by atoms with Gasteiger partial charge < -0.3 is 10.5 Å². The molecule has 0 aliphatic rings. The van der Waals surface area contributed by atoms with Gasteiger partial charge in [0.05, 0.1) is 6.61 Å². The smallest absolute Gasteiger partial charge is 0.119 e. The summed E-state index contributed by atoms with van der Waals surface area (Å²) in [5, 5.41) is 0.